The minimum atomic E-state index is -3.78. The van der Waals surface area contributed by atoms with Crippen LogP contribution in [0.3, 0.4) is 0 Å². The third-order valence-corrected chi connectivity index (χ3v) is 4.56. The van der Waals surface area contributed by atoms with Crippen molar-refractivity contribution >= 4 is 21.6 Å². The molecule has 0 fully saturated rings. The lowest BCUT2D eigenvalue weighted by Crippen LogP contribution is -2.46. The molecule has 0 aliphatic carbocycles. The Morgan fingerprint density at radius 2 is 2.05 bits per heavy atom. The summed E-state index contributed by atoms with van der Waals surface area (Å²) in [7, 11) is -2.28. The van der Waals surface area contributed by atoms with Crippen molar-refractivity contribution in [1.29, 1.82) is 0 Å². The lowest BCUT2D eigenvalue weighted by Gasteiger charge is -2.25. The monoisotopic (exact) mass is 307 g/mol. The lowest BCUT2D eigenvalue weighted by molar-refractivity contribution is 0.141. The summed E-state index contributed by atoms with van der Waals surface area (Å²) in [5.41, 5.74) is -0.277. The van der Waals surface area contributed by atoms with Crippen LogP contribution in [0.2, 0.25) is 5.02 Å². The van der Waals surface area contributed by atoms with Gasteiger partial charge in [0.25, 0.3) is 0 Å². The van der Waals surface area contributed by atoms with Crippen molar-refractivity contribution in [3.63, 3.8) is 0 Å². The van der Waals surface area contributed by atoms with Crippen molar-refractivity contribution < 1.29 is 18.3 Å². The molecule has 0 aliphatic rings. The number of aliphatic hydroxyl groups is 1. The first kappa shape index (κ1) is 16.4. The number of halogens is 1. The van der Waals surface area contributed by atoms with Crippen LogP contribution < -0.4 is 4.72 Å². The molecule has 0 bridgehead atoms. The fourth-order valence-corrected chi connectivity index (χ4v) is 3.61. The first-order chi connectivity index (χ1) is 8.72. The molecule has 0 heterocycles. The van der Waals surface area contributed by atoms with E-state index >= 15 is 0 Å². The molecule has 1 rings (SSSR count). The van der Waals surface area contributed by atoms with E-state index in [1.807, 2.05) is 0 Å². The summed E-state index contributed by atoms with van der Waals surface area (Å²) in [6.45, 7) is 3.39. The molecule has 1 aromatic rings. The van der Waals surface area contributed by atoms with Gasteiger partial charge in [0, 0.05) is 7.11 Å². The molecule has 2 N–H and O–H groups in total. The molecule has 19 heavy (non-hydrogen) atoms. The van der Waals surface area contributed by atoms with Gasteiger partial charge in [0.15, 0.2) is 0 Å². The van der Waals surface area contributed by atoms with Crippen LogP contribution in [0.15, 0.2) is 23.1 Å². The average molecular weight is 308 g/mol. The molecule has 0 radical (unpaired) electrons. The minimum absolute atomic E-state index is 0.0510. The molecule has 0 saturated heterocycles. The van der Waals surface area contributed by atoms with E-state index in [9.17, 15) is 8.42 Å². The SMILES string of the molecule is COCC(C)(C)NS(=O)(=O)c1cc(CO)ccc1Cl. The Morgan fingerprint density at radius 3 is 2.58 bits per heavy atom. The maximum absolute atomic E-state index is 12.3. The molecule has 7 heteroatoms. The van der Waals surface area contributed by atoms with Crippen LogP contribution >= 0.6 is 11.6 Å². The Kier molecular flexibility index (Phi) is 5.34. The van der Waals surface area contributed by atoms with Crippen LogP contribution in [-0.4, -0.2) is 32.8 Å². The largest absolute Gasteiger partial charge is 0.392 e. The zero-order valence-electron chi connectivity index (χ0n) is 11.1. The van der Waals surface area contributed by atoms with Crippen molar-refractivity contribution in [1.82, 2.24) is 4.72 Å². The first-order valence-corrected chi connectivity index (χ1v) is 7.50. The van der Waals surface area contributed by atoms with Crippen LogP contribution in [0.1, 0.15) is 19.4 Å². The number of hydrogen-bond acceptors (Lipinski definition) is 4. The lowest BCUT2D eigenvalue weighted by atomic mass is 10.1. The van der Waals surface area contributed by atoms with Crippen LogP contribution in [-0.2, 0) is 21.4 Å². The van der Waals surface area contributed by atoms with Crippen LogP contribution in [0, 0.1) is 0 Å². The summed E-state index contributed by atoms with van der Waals surface area (Å²) in [6, 6.07) is 4.38. The van der Waals surface area contributed by atoms with Crippen molar-refractivity contribution in [2.45, 2.75) is 30.9 Å². The molecule has 1 aromatic carbocycles. The predicted molar refractivity (Wildman–Crippen MR) is 73.7 cm³/mol. The van der Waals surface area contributed by atoms with Gasteiger partial charge in [-0.3, -0.25) is 0 Å². The van der Waals surface area contributed by atoms with E-state index in [1.165, 1.54) is 19.2 Å². The molecule has 0 spiro atoms. The summed E-state index contributed by atoms with van der Waals surface area (Å²) in [5.74, 6) is 0. The van der Waals surface area contributed by atoms with E-state index in [0.29, 0.717) is 5.56 Å². The molecule has 0 aliphatic heterocycles. The highest BCUT2D eigenvalue weighted by Gasteiger charge is 2.27. The Morgan fingerprint density at radius 1 is 1.42 bits per heavy atom. The quantitative estimate of drug-likeness (QED) is 0.836. The zero-order valence-corrected chi connectivity index (χ0v) is 12.7. The van der Waals surface area contributed by atoms with Gasteiger partial charge in [-0.05, 0) is 31.5 Å². The first-order valence-electron chi connectivity index (χ1n) is 5.64. The van der Waals surface area contributed by atoms with Crippen molar-refractivity contribution in [2.24, 2.45) is 0 Å². The molecule has 0 saturated carbocycles. The van der Waals surface area contributed by atoms with E-state index in [-0.39, 0.29) is 23.1 Å². The van der Waals surface area contributed by atoms with E-state index in [1.54, 1.807) is 19.9 Å². The Labute approximate surface area is 118 Å². The third-order valence-electron chi connectivity index (χ3n) is 2.38. The second kappa shape index (κ2) is 6.19. The van der Waals surface area contributed by atoms with Crippen molar-refractivity contribution in [3.8, 4) is 0 Å². The normalized spacial score (nSPS) is 12.7. The van der Waals surface area contributed by atoms with Crippen molar-refractivity contribution in [2.75, 3.05) is 13.7 Å². The van der Waals surface area contributed by atoms with E-state index in [2.05, 4.69) is 4.72 Å². The standard InChI is InChI=1S/C12H18ClNO4S/c1-12(2,8-18-3)14-19(16,17)11-6-9(7-15)4-5-10(11)13/h4-6,14-15H,7-8H2,1-3H3. The number of methoxy groups -OCH3 is 1. The van der Waals surface area contributed by atoms with E-state index in [0.717, 1.165) is 0 Å². The minimum Gasteiger partial charge on any atom is -0.392 e. The van der Waals surface area contributed by atoms with Gasteiger partial charge >= 0.3 is 0 Å². The molecular weight excluding hydrogens is 290 g/mol. The summed E-state index contributed by atoms with van der Waals surface area (Å²) >= 11 is 5.91. The summed E-state index contributed by atoms with van der Waals surface area (Å²) in [5, 5.41) is 9.17. The van der Waals surface area contributed by atoms with Gasteiger partial charge in [-0.2, -0.15) is 0 Å². The van der Waals surface area contributed by atoms with Gasteiger partial charge in [-0.1, -0.05) is 17.7 Å². The van der Waals surface area contributed by atoms with Gasteiger partial charge in [-0.25, -0.2) is 13.1 Å². The second-order valence-electron chi connectivity index (χ2n) is 4.85. The summed E-state index contributed by atoms with van der Waals surface area (Å²) in [6.07, 6.45) is 0. The Balaban J connectivity index is 3.13. The number of hydrogen-bond donors (Lipinski definition) is 2. The molecule has 0 atom stereocenters. The highest BCUT2D eigenvalue weighted by molar-refractivity contribution is 7.89. The Bertz CT molecular complexity index is 543. The zero-order chi connectivity index (χ0) is 14.7. The highest BCUT2D eigenvalue weighted by Crippen LogP contribution is 2.24. The number of aliphatic hydroxyl groups excluding tert-OH is 1. The van der Waals surface area contributed by atoms with Gasteiger partial charge < -0.3 is 9.84 Å². The van der Waals surface area contributed by atoms with Gasteiger partial charge in [0.05, 0.1) is 23.8 Å². The number of rotatable bonds is 6. The molecule has 5 nitrogen and oxygen atoms in total. The second-order valence-corrected chi connectivity index (χ2v) is 6.90. The topological polar surface area (TPSA) is 75.6 Å². The summed E-state index contributed by atoms with van der Waals surface area (Å²) in [4.78, 5) is -0.0510. The molecule has 0 amide bonds. The predicted octanol–water partition coefficient (Wildman–Crippen LogP) is 1.54. The smallest absolute Gasteiger partial charge is 0.242 e. The fourth-order valence-electron chi connectivity index (χ4n) is 1.66. The maximum Gasteiger partial charge on any atom is 0.242 e. The number of ether oxygens (including phenoxy) is 1. The third kappa shape index (κ3) is 4.43. The van der Waals surface area contributed by atoms with E-state index < -0.39 is 15.6 Å². The molecule has 0 aromatic heterocycles. The van der Waals surface area contributed by atoms with Crippen LogP contribution in [0.4, 0.5) is 0 Å². The number of sulfonamides is 1. The Hall–Kier alpha value is -0.660. The van der Waals surface area contributed by atoms with E-state index in [4.69, 9.17) is 21.4 Å². The fraction of sp³-hybridized carbons (Fsp3) is 0.500. The molecule has 108 valence electrons. The van der Waals surface area contributed by atoms with Gasteiger partial charge in [-0.15, -0.1) is 0 Å². The van der Waals surface area contributed by atoms with Crippen molar-refractivity contribution in [3.05, 3.63) is 28.8 Å². The summed E-state index contributed by atoms with van der Waals surface area (Å²) < 4.78 is 32.0. The van der Waals surface area contributed by atoms with Crippen LogP contribution in [0.25, 0.3) is 0 Å². The molecular formula is C12H18ClNO4S. The number of nitrogens with one attached hydrogen (secondary N) is 1. The average Bonchev–Trinajstić information content (AvgIpc) is 2.27. The maximum atomic E-state index is 12.3. The molecule has 0 unspecified atom stereocenters. The van der Waals surface area contributed by atoms with Gasteiger partial charge in [0.2, 0.25) is 10.0 Å². The number of benzene rings is 1. The van der Waals surface area contributed by atoms with Gasteiger partial charge in [0.1, 0.15) is 4.90 Å². The van der Waals surface area contributed by atoms with Crippen LogP contribution in [0.5, 0.6) is 0 Å². The highest BCUT2D eigenvalue weighted by atomic mass is 35.5.